The van der Waals surface area contributed by atoms with E-state index in [0.717, 1.165) is 5.92 Å². The molecule has 1 rings (SSSR count). The van der Waals surface area contributed by atoms with E-state index < -0.39 is 0 Å². The maximum atomic E-state index is 9.38. The summed E-state index contributed by atoms with van der Waals surface area (Å²) in [7, 11) is 2.19. The van der Waals surface area contributed by atoms with Gasteiger partial charge in [0.2, 0.25) is 0 Å². The van der Waals surface area contributed by atoms with Gasteiger partial charge in [0.05, 0.1) is 0 Å². The van der Waals surface area contributed by atoms with Gasteiger partial charge in [0.15, 0.2) is 0 Å². The van der Waals surface area contributed by atoms with Gasteiger partial charge in [0.1, 0.15) is 0 Å². The van der Waals surface area contributed by atoms with Crippen molar-refractivity contribution in [3.05, 3.63) is 0 Å². The largest absolute Gasteiger partial charge is 0.396 e. The average Bonchev–Trinajstić information content (AvgIpc) is 2.15. The molecule has 1 N–H and O–H groups in total. The van der Waals surface area contributed by atoms with Gasteiger partial charge in [0.25, 0.3) is 0 Å². The summed E-state index contributed by atoms with van der Waals surface area (Å²) in [6.45, 7) is 7.29. The van der Waals surface area contributed by atoms with Crippen LogP contribution in [0.3, 0.4) is 0 Å². The fourth-order valence-corrected chi connectivity index (χ4v) is 2.52. The molecule has 0 bridgehead atoms. The Bertz CT molecular complexity index is 150. The third kappa shape index (κ3) is 3.58. The van der Waals surface area contributed by atoms with Crippen LogP contribution in [0.2, 0.25) is 0 Å². The van der Waals surface area contributed by atoms with E-state index in [4.69, 9.17) is 0 Å². The highest BCUT2D eigenvalue weighted by Gasteiger charge is 2.25. The second-order valence-electron chi connectivity index (χ2n) is 5.21. The fraction of sp³-hybridized carbons (Fsp3) is 1.00. The molecule has 0 aromatic carbocycles. The van der Waals surface area contributed by atoms with Crippen molar-refractivity contribution in [1.29, 1.82) is 0 Å². The van der Waals surface area contributed by atoms with Crippen LogP contribution in [0.5, 0.6) is 0 Å². The number of rotatable bonds is 4. The molecule has 2 nitrogen and oxygen atoms in total. The lowest BCUT2D eigenvalue weighted by Gasteiger charge is -2.34. The fourth-order valence-electron chi connectivity index (χ4n) is 2.52. The number of nitrogens with zero attached hydrogens (tertiary/aromatic N) is 1. The van der Waals surface area contributed by atoms with Crippen LogP contribution < -0.4 is 0 Å². The summed E-state index contributed by atoms with van der Waals surface area (Å²) in [5.41, 5.74) is 0. The van der Waals surface area contributed by atoms with Crippen molar-refractivity contribution in [2.75, 3.05) is 26.7 Å². The Morgan fingerprint density at radius 2 is 1.86 bits per heavy atom. The molecule has 0 aliphatic carbocycles. The molecule has 1 unspecified atom stereocenters. The van der Waals surface area contributed by atoms with E-state index in [1.807, 2.05) is 0 Å². The molecule has 0 amide bonds. The normalized spacial score (nSPS) is 22.9. The Morgan fingerprint density at radius 3 is 2.29 bits per heavy atom. The lowest BCUT2D eigenvalue weighted by molar-refractivity contribution is 0.104. The van der Waals surface area contributed by atoms with E-state index >= 15 is 0 Å². The molecule has 1 atom stereocenters. The quantitative estimate of drug-likeness (QED) is 0.748. The predicted molar refractivity (Wildman–Crippen MR) is 60.3 cm³/mol. The van der Waals surface area contributed by atoms with E-state index in [1.165, 1.54) is 32.4 Å². The first-order valence-corrected chi connectivity index (χ1v) is 5.93. The van der Waals surface area contributed by atoms with Gasteiger partial charge in [-0.15, -0.1) is 0 Å². The smallest absolute Gasteiger partial charge is 0.0462 e. The Kier molecular flexibility index (Phi) is 4.90. The first-order valence-electron chi connectivity index (χ1n) is 5.93. The van der Waals surface area contributed by atoms with E-state index in [0.29, 0.717) is 18.4 Å². The molecule has 1 heterocycles. The van der Waals surface area contributed by atoms with Gasteiger partial charge < -0.3 is 10.0 Å². The maximum Gasteiger partial charge on any atom is 0.0462 e. The summed E-state index contributed by atoms with van der Waals surface area (Å²) < 4.78 is 0. The van der Waals surface area contributed by atoms with Crippen molar-refractivity contribution < 1.29 is 5.11 Å². The zero-order valence-electron chi connectivity index (χ0n) is 9.87. The minimum atomic E-state index is 0.382. The number of hydrogen-bond donors (Lipinski definition) is 1. The van der Waals surface area contributed by atoms with Crippen LogP contribution in [0.4, 0.5) is 0 Å². The van der Waals surface area contributed by atoms with Crippen LogP contribution in [-0.4, -0.2) is 36.8 Å². The van der Waals surface area contributed by atoms with Gasteiger partial charge in [-0.05, 0) is 57.2 Å². The average molecular weight is 199 g/mol. The second-order valence-corrected chi connectivity index (χ2v) is 5.21. The van der Waals surface area contributed by atoms with Gasteiger partial charge in [-0.25, -0.2) is 0 Å². The molecule has 0 saturated carbocycles. The van der Waals surface area contributed by atoms with Crippen molar-refractivity contribution in [1.82, 2.24) is 4.90 Å². The van der Waals surface area contributed by atoms with Crippen LogP contribution in [0, 0.1) is 17.8 Å². The number of hydrogen-bond acceptors (Lipinski definition) is 2. The van der Waals surface area contributed by atoms with Crippen LogP contribution in [0.15, 0.2) is 0 Å². The molecule has 2 heteroatoms. The molecule has 0 radical (unpaired) electrons. The molecule has 14 heavy (non-hydrogen) atoms. The Hall–Kier alpha value is -0.0800. The van der Waals surface area contributed by atoms with Crippen LogP contribution in [0.25, 0.3) is 0 Å². The second kappa shape index (κ2) is 5.72. The monoisotopic (exact) mass is 199 g/mol. The van der Waals surface area contributed by atoms with Crippen molar-refractivity contribution in [2.24, 2.45) is 17.8 Å². The van der Waals surface area contributed by atoms with Gasteiger partial charge in [-0.1, -0.05) is 13.8 Å². The lowest BCUT2D eigenvalue weighted by Crippen LogP contribution is -2.34. The van der Waals surface area contributed by atoms with Crippen LogP contribution >= 0.6 is 0 Å². The minimum absolute atomic E-state index is 0.382. The topological polar surface area (TPSA) is 23.5 Å². The molecule has 1 saturated heterocycles. The number of piperidine rings is 1. The van der Waals surface area contributed by atoms with Crippen molar-refractivity contribution >= 4 is 0 Å². The molecule has 0 aromatic heterocycles. The Labute approximate surface area is 88.3 Å². The first-order chi connectivity index (χ1) is 6.63. The van der Waals surface area contributed by atoms with Gasteiger partial charge in [-0.3, -0.25) is 0 Å². The molecular formula is C12H25NO. The zero-order chi connectivity index (χ0) is 10.6. The molecule has 0 spiro atoms. The van der Waals surface area contributed by atoms with Crippen LogP contribution in [-0.2, 0) is 0 Å². The molecule has 0 aromatic rings. The number of aliphatic hydroxyl groups is 1. The molecule has 1 aliphatic rings. The summed E-state index contributed by atoms with van der Waals surface area (Å²) in [4.78, 5) is 2.39. The molecular weight excluding hydrogens is 174 g/mol. The third-order valence-electron chi connectivity index (χ3n) is 3.44. The lowest BCUT2D eigenvalue weighted by atomic mass is 9.80. The maximum absolute atomic E-state index is 9.38. The highest BCUT2D eigenvalue weighted by molar-refractivity contribution is 4.77. The van der Waals surface area contributed by atoms with E-state index in [1.54, 1.807) is 0 Å². The summed E-state index contributed by atoms with van der Waals surface area (Å²) in [5.74, 6) is 2.02. The summed E-state index contributed by atoms with van der Waals surface area (Å²) in [6.07, 6.45) is 3.73. The highest BCUT2D eigenvalue weighted by Crippen LogP contribution is 2.28. The third-order valence-corrected chi connectivity index (χ3v) is 3.44. The van der Waals surface area contributed by atoms with Gasteiger partial charge in [0, 0.05) is 6.61 Å². The van der Waals surface area contributed by atoms with Crippen molar-refractivity contribution in [2.45, 2.75) is 33.1 Å². The number of aliphatic hydroxyl groups excluding tert-OH is 1. The van der Waals surface area contributed by atoms with Crippen molar-refractivity contribution in [3.63, 3.8) is 0 Å². The molecule has 84 valence electrons. The molecule has 1 aliphatic heterocycles. The van der Waals surface area contributed by atoms with Crippen molar-refractivity contribution in [3.8, 4) is 0 Å². The Balaban J connectivity index is 2.36. The zero-order valence-corrected chi connectivity index (χ0v) is 9.87. The number of likely N-dealkylation sites (tertiary alicyclic amines) is 1. The van der Waals surface area contributed by atoms with Gasteiger partial charge >= 0.3 is 0 Å². The predicted octanol–water partition coefficient (Wildman–Crippen LogP) is 1.98. The molecule has 1 fully saturated rings. The van der Waals surface area contributed by atoms with E-state index in [-0.39, 0.29) is 0 Å². The van der Waals surface area contributed by atoms with Crippen LogP contribution in [0.1, 0.15) is 33.1 Å². The van der Waals surface area contributed by atoms with E-state index in [9.17, 15) is 5.11 Å². The summed E-state index contributed by atoms with van der Waals surface area (Å²) in [5, 5.41) is 9.38. The minimum Gasteiger partial charge on any atom is -0.396 e. The standard InChI is InChI=1S/C12H25NO/c1-10(2)8-12(9-14)11-4-6-13(3)7-5-11/h10-12,14H,4-9H2,1-3H3. The SMILES string of the molecule is CC(C)CC(CO)C1CCN(C)CC1. The van der Waals surface area contributed by atoms with Gasteiger partial charge in [-0.2, -0.15) is 0 Å². The highest BCUT2D eigenvalue weighted by atomic mass is 16.3. The summed E-state index contributed by atoms with van der Waals surface area (Å²) >= 11 is 0. The first kappa shape index (κ1) is 12.0. The summed E-state index contributed by atoms with van der Waals surface area (Å²) in [6, 6.07) is 0. The Morgan fingerprint density at radius 1 is 1.29 bits per heavy atom. The van der Waals surface area contributed by atoms with E-state index in [2.05, 4.69) is 25.8 Å².